The molecule has 0 aliphatic carbocycles. The number of thioether (sulfide) groups is 1. The summed E-state index contributed by atoms with van der Waals surface area (Å²) in [6, 6.07) is 15.9. The van der Waals surface area contributed by atoms with Crippen molar-refractivity contribution >= 4 is 23.6 Å². The van der Waals surface area contributed by atoms with Crippen LogP contribution in [0.3, 0.4) is 0 Å². The molecule has 1 N–H and O–H groups in total. The topological polar surface area (TPSA) is 66.8 Å². The van der Waals surface area contributed by atoms with Crippen LogP contribution in [0.2, 0.25) is 0 Å². The second-order valence-corrected chi connectivity index (χ2v) is 6.54. The van der Waals surface area contributed by atoms with Gasteiger partial charge in [0.2, 0.25) is 5.91 Å². The first kappa shape index (κ1) is 18.9. The summed E-state index contributed by atoms with van der Waals surface area (Å²) in [5.41, 5.74) is 0.898. The van der Waals surface area contributed by atoms with E-state index in [1.54, 1.807) is 7.11 Å². The number of nitrogens with zero attached hydrogens (tertiary/aromatic N) is 1. The van der Waals surface area contributed by atoms with Gasteiger partial charge >= 0.3 is 5.97 Å². The molecule has 0 aliphatic heterocycles. The first-order valence-electron chi connectivity index (χ1n) is 7.84. The highest BCUT2D eigenvalue weighted by molar-refractivity contribution is 8.00. The number of amides is 1. The Morgan fingerprint density at radius 1 is 1.16 bits per heavy atom. The molecular weight excluding hydrogens is 338 g/mol. The van der Waals surface area contributed by atoms with Gasteiger partial charge in [0.15, 0.2) is 0 Å². The number of ether oxygens (including phenoxy) is 1. The first-order chi connectivity index (χ1) is 12.0. The minimum atomic E-state index is -1.02. The third-order valence-electron chi connectivity index (χ3n) is 3.74. The first-order valence-corrected chi connectivity index (χ1v) is 8.83. The van der Waals surface area contributed by atoms with Crippen molar-refractivity contribution in [2.75, 3.05) is 12.9 Å². The van der Waals surface area contributed by atoms with Gasteiger partial charge in [0, 0.05) is 11.4 Å². The van der Waals surface area contributed by atoms with Crippen molar-refractivity contribution in [3.8, 4) is 5.75 Å². The van der Waals surface area contributed by atoms with E-state index in [1.165, 1.54) is 23.6 Å². The molecule has 0 aliphatic rings. The zero-order chi connectivity index (χ0) is 18.2. The van der Waals surface area contributed by atoms with Gasteiger partial charge in [-0.1, -0.05) is 36.4 Å². The third-order valence-corrected chi connectivity index (χ3v) is 4.72. The summed E-state index contributed by atoms with van der Waals surface area (Å²) in [7, 11) is 1.59. The molecule has 25 heavy (non-hydrogen) atoms. The summed E-state index contributed by atoms with van der Waals surface area (Å²) in [6.07, 6.45) is 0. The van der Waals surface area contributed by atoms with Gasteiger partial charge in [-0.3, -0.25) is 4.79 Å². The molecule has 132 valence electrons. The maximum atomic E-state index is 12.6. The fourth-order valence-corrected chi connectivity index (χ4v) is 3.10. The Morgan fingerprint density at radius 3 is 2.52 bits per heavy atom. The number of benzene rings is 2. The van der Waals surface area contributed by atoms with Crippen LogP contribution in [0, 0.1) is 0 Å². The molecule has 2 rings (SSSR count). The molecule has 0 heterocycles. The van der Waals surface area contributed by atoms with Crippen LogP contribution < -0.4 is 4.74 Å². The monoisotopic (exact) mass is 359 g/mol. The van der Waals surface area contributed by atoms with Crippen molar-refractivity contribution in [2.24, 2.45) is 0 Å². The number of carbonyl (C=O) groups is 2. The molecule has 0 bridgehead atoms. The van der Waals surface area contributed by atoms with Crippen molar-refractivity contribution in [1.82, 2.24) is 4.90 Å². The van der Waals surface area contributed by atoms with Gasteiger partial charge in [0.1, 0.15) is 11.8 Å². The summed E-state index contributed by atoms with van der Waals surface area (Å²) in [5, 5.41) is 9.32. The lowest BCUT2D eigenvalue weighted by Gasteiger charge is -2.26. The fraction of sp³-hybridized carbons (Fsp3) is 0.263. The molecule has 0 radical (unpaired) electrons. The second-order valence-electron chi connectivity index (χ2n) is 5.49. The third kappa shape index (κ3) is 5.53. The number of hydrogen-bond donors (Lipinski definition) is 1. The van der Waals surface area contributed by atoms with E-state index in [2.05, 4.69) is 0 Å². The van der Waals surface area contributed by atoms with E-state index in [-0.39, 0.29) is 18.2 Å². The number of aliphatic carboxylic acids is 1. The molecule has 2 aromatic rings. The number of rotatable bonds is 8. The van der Waals surface area contributed by atoms with Gasteiger partial charge in [-0.15, -0.1) is 11.8 Å². The van der Waals surface area contributed by atoms with Crippen molar-refractivity contribution in [3.05, 3.63) is 60.2 Å². The quantitative estimate of drug-likeness (QED) is 0.733. The van der Waals surface area contributed by atoms with Crippen LogP contribution in [0.4, 0.5) is 0 Å². The van der Waals surface area contributed by atoms with Gasteiger partial charge in [-0.2, -0.15) is 0 Å². The van der Waals surface area contributed by atoms with E-state index >= 15 is 0 Å². The predicted molar refractivity (Wildman–Crippen MR) is 97.8 cm³/mol. The van der Waals surface area contributed by atoms with Crippen LogP contribution in [-0.2, 0) is 16.1 Å². The fourth-order valence-electron chi connectivity index (χ4n) is 2.27. The Labute approximate surface area is 151 Å². The highest BCUT2D eigenvalue weighted by atomic mass is 32.2. The molecular formula is C19H21NO4S. The molecule has 0 fully saturated rings. The lowest BCUT2D eigenvalue weighted by atomic mass is 10.2. The minimum Gasteiger partial charge on any atom is -0.497 e. The van der Waals surface area contributed by atoms with Crippen LogP contribution in [-0.4, -0.2) is 40.8 Å². The Morgan fingerprint density at radius 2 is 1.88 bits per heavy atom. The summed E-state index contributed by atoms with van der Waals surface area (Å²) in [6.45, 7) is 1.80. The average molecular weight is 359 g/mol. The maximum Gasteiger partial charge on any atom is 0.326 e. The molecule has 1 unspecified atom stereocenters. The number of hydrogen-bond acceptors (Lipinski definition) is 4. The van der Waals surface area contributed by atoms with E-state index < -0.39 is 12.0 Å². The number of carbonyl (C=O) groups excluding carboxylic acids is 1. The minimum absolute atomic E-state index is 0.164. The van der Waals surface area contributed by atoms with Crippen LogP contribution in [0.1, 0.15) is 12.5 Å². The molecule has 0 spiro atoms. The lowest BCUT2D eigenvalue weighted by molar-refractivity contribution is -0.148. The van der Waals surface area contributed by atoms with Crippen LogP contribution in [0.25, 0.3) is 0 Å². The Bertz CT molecular complexity index is 720. The standard InChI is InChI=1S/C19H21NO4S/c1-14(19(22)23)20(12-15-7-4-3-5-8-15)18(21)13-25-17-10-6-9-16(11-17)24-2/h3-11,14H,12-13H2,1-2H3,(H,22,23). The van der Waals surface area contributed by atoms with Crippen molar-refractivity contribution in [3.63, 3.8) is 0 Å². The molecule has 0 saturated carbocycles. The lowest BCUT2D eigenvalue weighted by Crippen LogP contribution is -2.43. The highest BCUT2D eigenvalue weighted by Crippen LogP contribution is 2.23. The summed E-state index contributed by atoms with van der Waals surface area (Å²) in [4.78, 5) is 26.3. The van der Waals surface area contributed by atoms with Crippen LogP contribution >= 0.6 is 11.8 Å². The largest absolute Gasteiger partial charge is 0.497 e. The normalized spacial score (nSPS) is 11.6. The van der Waals surface area contributed by atoms with Gasteiger partial charge in [-0.05, 0) is 30.7 Å². The molecule has 5 nitrogen and oxygen atoms in total. The average Bonchev–Trinajstić information content (AvgIpc) is 2.64. The van der Waals surface area contributed by atoms with Gasteiger partial charge in [0.25, 0.3) is 0 Å². The zero-order valence-electron chi connectivity index (χ0n) is 14.2. The van der Waals surface area contributed by atoms with Gasteiger partial charge < -0.3 is 14.7 Å². The molecule has 1 atom stereocenters. The van der Waals surface area contributed by atoms with E-state index in [0.29, 0.717) is 0 Å². The van der Waals surface area contributed by atoms with Crippen LogP contribution in [0.5, 0.6) is 5.75 Å². The zero-order valence-corrected chi connectivity index (χ0v) is 15.0. The van der Waals surface area contributed by atoms with Gasteiger partial charge in [0.05, 0.1) is 12.9 Å². The van der Waals surface area contributed by atoms with E-state index in [1.807, 2.05) is 54.6 Å². The van der Waals surface area contributed by atoms with E-state index in [0.717, 1.165) is 16.2 Å². The molecule has 0 aromatic heterocycles. The number of carboxylic acids is 1. The van der Waals surface area contributed by atoms with Crippen LogP contribution in [0.15, 0.2) is 59.5 Å². The molecule has 1 amide bonds. The van der Waals surface area contributed by atoms with E-state index in [4.69, 9.17) is 4.74 Å². The number of carboxylic acid groups (broad SMARTS) is 1. The highest BCUT2D eigenvalue weighted by Gasteiger charge is 2.25. The summed E-state index contributed by atoms with van der Waals surface area (Å²) >= 11 is 1.36. The second kappa shape index (κ2) is 9.13. The molecule has 0 saturated heterocycles. The Kier molecular flexibility index (Phi) is 6.89. The Balaban J connectivity index is 2.07. The molecule has 6 heteroatoms. The van der Waals surface area contributed by atoms with Gasteiger partial charge in [-0.25, -0.2) is 4.79 Å². The molecule has 2 aromatic carbocycles. The maximum absolute atomic E-state index is 12.6. The Hall–Kier alpha value is -2.47. The van der Waals surface area contributed by atoms with E-state index in [9.17, 15) is 14.7 Å². The predicted octanol–water partition coefficient (Wildman–Crippen LogP) is 3.29. The number of methoxy groups -OCH3 is 1. The summed E-state index contributed by atoms with van der Waals surface area (Å²) in [5.74, 6) is -0.350. The SMILES string of the molecule is COc1cccc(SCC(=O)N(Cc2ccccc2)C(C)C(=O)O)c1. The van der Waals surface area contributed by atoms with Crippen molar-refractivity contribution < 1.29 is 19.4 Å². The smallest absolute Gasteiger partial charge is 0.326 e. The summed E-state index contributed by atoms with van der Waals surface area (Å²) < 4.78 is 5.17. The van der Waals surface area contributed by atoms with Crippen molar-refractivity contribution in [2.45, 2.75) is 24.4 Å². The van der Waals surface area contributed by atoms with Crippen molar-refractivity contribution in [1.29, 1.82) is 0 Å².